The second-order valence-electron chi connectivity index (χ2n) is 7.03. The van der Waals surface area contributed by atoms with Gasteiger partial charge in [0.05, 0.1) is 11.3 Å². The van der Waals surface area contributed by atoms with E-state index in [4.69, 9.17) is 16.3 Å². The molecule has 0 aliphatic rings. The standard InChI is InChI=1S/C24H23ClN2O3/c1-16(2)19-7-3-5-9-21(19)27-24(29)20-8-4-6-10-22(20)26-23(28)15-30-18-13-11-17(25)12-14-18/h3-14,16H,15H2,1-2H3,(H,26,28)(H,27,29). The number of hydrogen-bond acceptors (Lipinski definition) is 3. The zero-order valence-corrected chi connectivity index (χ0v) is 17.6. The third-order valence-electron chi connectivity index (χ3n) is 4.46. The molecule has 3 rings (SSSR count). The molecule has 5 nitrogen and oxygen atoms in total. The fourth-order valence-corrected chi connectivity index (χ4v) is 3.09. The first-order chi connectivity index (χ1) is 14.4. The molecular formula is C24H23ClN2O3. The molecule has 0 heterocycles. The van der Waals surface area contributed by atoms with Crippen LogP contribution in [0.25, 0.3) is 0 Å². The van der Waals surface area contributed by atoms with Crippen LogP contribution < -0.4 is 15.4 Å². The van der Waals surface area contributed by atoms with Gasteiger partial charge in [-0.25, -0.2) is 0 Å². The minimum Gasteiger partial charge on any atom is -0.484 e. The summed E-state index contributed by atoms with van der Waals surface area (Å²) in [5.41, 5.74) is 2.59. The van der Waals surface area contributed by atoms with Crippen molar-refractivity contribution in [3.8, 4) is 5.75 Å². The molecule has 0 atom stereocenters. The first-order valence-corrected chi connectivity index (χ1v) is 9.99. The smallest absolute Gasteiger partial charge is 0.262 e. The van der Waals surface area contributed by atoms with Gasteiger partial charge in [-0.1, -0.05) is 55.8 Å². The van der Waals surface area contributed by atoms with Gasteiger partial charge in [0.25, 0.3) is 11.8 Å². The van der Waals surface area contributed by atoms with Crippen LogP contribution in [-0.4, -0.2) is 18.4 Å². The van der Waals surface area contributed by atoms with E-state index in [0.717, 1.165) is 11.3 Å². The van der Waals surface area contributed by atoms with Crippen molar-refractivity contribution in [1.29, 1.82) is 0 Å². The van der Waals surface area contributed by atoms with Gasteiger partial charge in [-0.2, -0.15) is 0 Å². The first-order valence-electron chi connectivity index (χ1n) is 9.61. The van der Waals surface area contributed by atoms with Crippen molar-refractivity contribution >= 4 is 34.8 Å². The fraction of sp³-hybridized carbons (Fsp3) is 0.167. The van der Waals surface area contributed by atoms with Crippen LogP contribution in [0.1, 0.15) is 35.7 Å². The van der Waals surface area contributed by atoms with Crippen LogP contribution in [0, 0.1) is 0 Å². The van der Waals surface area contributed by atoms with E-state index in [0.29, 0.717) is 22.0 Å². The van der Waals surface area contributed by atoms with Gasteiger partial charge in [0.2, 0.25) is 0 Å². The highest BCUT2D eigenvalue weighted by Crippen LogP contribution is 2.25. The van der Waals surface area contributed by atoms with E-state index >= 15 is 0 Å². The van der Waals surface area contributed by atoms with Gasteiger partial charge in [0, 0.05) is 10.7 Å². The highest BCUT2D eigenvalue weighted by atomic mass is 35.5. The summed E-state index contributed by atoms with van der Waals surface area (Å²) in [5, 5.41) is 6.29. The van der Waals surface area contributed by atoms with Crippen molar-refractivity contribution in [1.82, 2.24) is 0 Å². The van der Waals surface area contributed by atoms with Crippen LogP contribution in [-0.2, 0) is 4.79 Å². The van der Waals surface area contributed by atoms with E-state index < -0.39 is 0 Å². The van der Waals surface area contributed by atoms with Crippen molar-refractivity contribution in [2.24, 2.45) is 0 Å². The van der Waals surface area contributed by atoms with Crippen LogP contribution in [0.15, 0.2) is 72.8 Å². The lowest BCUT2D eigenvalue weighted by Gasteiger charge is -2.15. The van der Waals surface area contributed by atoms with E-state index in [-0.39, 0.29) is 24.3 Å². The van der Waals surface area contributed by atoms with Crippen LogP contribution in [0.5, 0.6) is 5.75 Å². The van der Waals surface area contributed by atoms with Crippen LogP contribution in [0.3, 0.4) is 0 Å². The molecule has 0 unspecified atom stereocenters. The van der Waals surface area contributed by atoms with Crippen molar-refractivity contribution < 1.29 is 14.3 Å². The van der Waals surface area contributed by atoms with E-state index in [1.165, 1.54) is 0 Å². The highest BCUT2D eigenvalue weighted by molar-refractivity contribution is 6.30. The average Bonchev–Trinajstić information content (AvgIpc) is 2.74. The maximum absolute atomic E-state index is 12.9. The Morgan fingerprint density at radius 2 is 1.50 bits per heavy atom. The fourth-order valence-electron chi connectivity index (χ4n) is 2.96. The molecule has 0 aromatic heterocycles. The number of carbonyl (C=O) groups excluding carboxylic acids is 2. The number of nitrogens with one attached hydrogen (secondary N) is 2. The van der Waals surface area contributed by atoms with Gasteiger partial charge >= 0.3 is 0 Å². The van der Waals surface area contributed by atoms with Crippen LogP contribution in [0.4, 0.5) is 11.4 Å². The Labute approximate surface area is 181 Å². The van der Waals surface area contributed by atoms with Crippen LogP contribution in [0.2, 0.25) is 5.02 Å². The first kappa shape index (κ1) is 21.4. The number of hydrogen-bond donors (Lipinski definition) is 2. The number of carbonyl (C=O) groups is 2. The Bertz CT molecular complexity index is 1030. The Hall–Kier alpha value is -3.31. The van der Waals surface area contributed by atoms with Crippen molar-refractivity contribution in [3.05, 3.63) is 88.9 Å². The van der Waals surface area contributed by atoms with E-state index in [9.17, 15) is 9.59 Å². The second kappa shape index (κ2) is 9.94. The van der Waals surface area contributed by atoms with E-state index in [1.807, 2.05) is 24.3 Å². The van der Waals surface area contributed by atoms with E-state index in [1.54, 1.807) is 48.5 Å². The maximum atomic E-state index is 12.9. The quantitative estimate of drug-likeness (QED) is 0.510. The Morgan fingerprint density at radius 3 is 2.20 bits per heavy atom. The molecule has 3 aromatic rings. The van der Waals surface area contributed by atoms with Gasteiger partial charge in [-0.3, -0.25) is 9.59 Å². The maximum Gasteiger partial charge on any atom is 0.262 e. The molecule has 2 amide bonds. The normalized spacial score (nSPS) is 10.5. The summed E-state index contributed by atoms with van der Waals surface area (Å²) in [4.78, 5) is 25.2. The molecule has 0 spiro atoms. The predicted molar refractivity (Wildman–Crippen MR) is 121 cm³/mol. The monoisotopic (exact) mass is 422 g/mol. The Balaban J connectivity index is 1.68. The number of halogens is 1. The molecule has 0 saturated carbocycles. The molecule has 0 bridgehead atoms. The average molecular weight is 423 g/mol. The summed E-state index contributed by atoms with van der Waals surface area (Å²) in [6, 6.07) is 21.3. The summed E-state index contributed by atoms with van der Waals surface area (Å²) in [6.45, 7) is 3.95. The largest absolute Gasteiger partial charge is 0.484 e. The summed E-state index contributed by atoms with van der Waals surface area (Å²) in [5.74, 6) is 0.137. The molecule has 0 aliphatic heterocycles. The van der Waals surface area contributed by atoms with Gasteiger partial charge in [0.1, 0.15) is 5.75 Å². The lowest BCUT2D eigenvalue weighted by atomic mass is 10.0. The highest BCUT2D eigenvalue weighted by Gasteiger charge is 2.15. The third kappa shape index (κ3) is 5.61. The Morgan fingerprint density at radius 1 is 0.867 bits per heavy atom. The summed E-state index contributed by atoms with van der Waals surface area (Å²) >= 11 is 5.84. The molecule has 2 N–H and O–H groups in total. The number of ether oxygens (including phenoxy) is 1. The van der Waals surface area contributed by atoms with Gasteiger partial charge in [0.15, 0.2) is 6.61 Å². The number of anilines is 2. The molecule has 3 aromatic carbocycles. The summed E-state index contributed by atoms with van der Waals surface area (Å²) in [6.07, 6.45) is 0. The summed E-state index contributed by atoms with van der Waals surface area (Å²) in [7, 11) is 0. The van der Waals surface area contributed by atoms with Crippen molar-refractivity contribution in [2.45, 2.75) is 19.8 Å². The number of amides is 2. The van der Waals surface area contributed by atoms with Crippen LogP contribution >= 0.6 is 11.6 Å². The number of rotatable bonds is 7. The Kier molecular flexibility index (Phi) is 7.09. The molecule has 6 heteroatoms. The lowest BCUT2D eigenvalue weighted by molar-refractivity contribution is -0.118. The SMILES string of the molecule is CC(C)c1ccccc1NC(=O)c1ccccc1NC(=O)COc1ccc(Cl)cc1. The van der Waals surface area contributed by atoms with Crippen molar-refractivity contribution in [3.63, 3.8) is 0 Å². The third-order valence-corrected chi connectivity index (χ3v) is 4.71. The molecule has 154 valence electrons. The topological polar surface area (TPSA) is 67.4 Å². The zero-order chi connectivity index (χ0) is 21.5. The molecular weight excluding hydrogens is 400 g/mol. The molecule has 0 fully saturated rings. The lowest BCUT2D eigenvalue weighted by Crippen LogP contribution is -2.23. The van der Waals surface area contributed by atoms with Crippen molar-refractivity contribution in [2.75, 3.05) is 17.2 Å². The zero-order valence-electron chi connectivity index (χ0n) is 16.8. The molecule has 0 saturated heterocycles. The van der Waals surface area contributed by atoms with Gasteiger partial charge in [-0.05, 0) is 53.9 Å². The molecule has 0 aliphatic carbocycles. The minimum absolute atomic E-state index is 0.187. The minimum atomic E-state index is -0.368. The van der Waals surface area contributed by atoms with Gasteiger partial charge < -0.3 is 15.4 Å². The number of para-hydroxylation sites is 2. The van der Waals surface area contributed by atoms with Gasteiger partial charge in [-0.15, -0.1) is 0 Å². The molecule has 0 radical (unpaired) electrons. The van der Waals surface area contributed by atoms with E-state index in [2.05, 4.69) is 24.5 Å². The summed E-state index contributed by atoms with van der Waals surface area (Å²) < 4.78 is 5.46. The second-order valence-corrected chi connectivity index (χ2v) is 7.47. The predicted octanol–water partition coefficient (Wildman–Crippen LogP) is 5.73. The number of benzene rings is 3. The molecule has 30 heavy (non-hydrogen) atoms.